The Hall–Kier alpha value is -0.420. The maximum atomic E-state index is 5.87. The Bertz CT molecular complexity index is 329. The second-order valence-corrected chi connectivity index (χ2v) is 7.14. The number of allylic oxidation sites excluding steroid dienone is 2. The minimum atomic E-state index is -0.0368. The van der Waals surface area contributed by atoms with Crippen LogP contribution >= 0.6 is 0 Å². The molecule has 0 aromatic heterocycles. The van der Waals surface area contributed by atoms with Gasteiger partial charge < -0.3 is 18.9 Å². The molecule has 0 saturated carbocycles. The van der Waals surface area contributed by atoms with E-state index in [9.17, 15) is 0 Å². The summed E-state index contributed by atoms with van der Waals surface area (Å²) in [5.74, 6) is 1.02. The molecule has 0 aromatic rings. The van der Waals surface area contributed by atoms with E-state index in [1.807, 2.05) is 0 Å². The standard InChI is InChI=1S/C20H36O4/c1-3-5-7-9-17-13-23-20(24-14-17)12-11-18-15-21-19(22-16-18)10-8-6-4-2/h3,5,17-20H,4,6-16H2,1-2H3/b5-3+/t17-,18?,19?,20-. The molecule has 2 aliphatic heterocycles. The fourth-order valence-electron chi connectivity index (χ4n) is 3.26. The third kappa shape index (κ3) is 7.64. The van der Waals surface area contributed by atoms with Crippen molar-refractivity contribution in [2.24, 2.45) is 11.8 Å². The third-order valence-corrected chi connectivity index (χ3v) is 4.90. The van der Waals surface area contributed by atoms with E-state index in [4.69, 9.17) is 18.9 Å². The van der Waals surface area contributed by atoms with Gasteiger partial charge in [-0.15, -0.1) is 0 Å². The molecule has 140 valence electrons. The fraction of sp³-hybridized carbons (Fsp3) is 0.900. The van der Waals surface area contributed by atoms with Crippen LogP contribution in [0.4, 0.5) is 0 Å². The van der Waals surface area contributed by atoms with Gasteiger partial charge in [0.05, 0.1) is 26.4 Å². The topological polar surface area (TPSA) is 36.9 Å². The smallest absolute Gasteiger partial charge is 0.157 e. The van der Waals surface area contributed by atoms with Gasteiger partial charge in [0.2, 0.25) is 0 Å². The van der Waals surface area contributed by atoms with Crippen molar-refractivity contribution in [1.82, 2.24) is 0 Å². The van der Waals surface area contributed by atoms with Gasteiger partial charge in [0.25, 0.3) is 0 Å². The van der Waals surface area contributed by atoms with E-state index < -0.39 is 0 Å². The van der Waals surface area contributed by atoms with Gasteiger partial charge in [-0.25, -0.2) is 0 Å². The average Bonchev–Trinajstić information content (AvgIpc) is 2.63. The molecule has 0 aliphatic carbocycles. The first-order valence-corrected chi connectivity index (χ1v) is 9.89. The zero-order chi connectivity index (χ0) is 17.0. The molecular formula is C20H36O4. The Morgan fingerprint density at radius 2 is 1.33 bits per heavy atom. The lowest BCUT2D eigenvalue weighted by Crippen LogP contribution is -2.35. The van der Waals surface area contributed by atoms with E-state index in [0.29, 0.717) is 11.8 Å². The molecule has 0 radical (unpaired) electrons. The summed E-state index contributed by atoms with van der Waals surface area (Å²) in [5, 5.41) is 0. The number of hydrogen-bond acceptors (Lipinski definition) is 4. The van der Waals surface area contributed by atoms with Gasteiger partial charge in [0.1, 0.15) is 0 Å². The van der Waals surface area contributed by atoms with Crippen molar-refractivity contribution < 1.29 is 18.9 Å². The molecule has 0 unspecified atom stereocenters. The number of unbranched alkanes of at least 4 members (excludes halogenated alkanes) is 2. The predicted molar refractivity (Wildman–Crippen MR) is 95.8 cm³/mol. The first-order valence-electron chi connectivity index (χ1n) is 9.89. The van der Waals surface area contributed by atoms with Crippen LogP contribution in [-0.2, 0) is 18.9 Å². The molecule has 2 heterocycles. The lowest BCUT2D eigenvalue weighted by Gasteiger charge is -2.32. The molecule has 24 heavy (non-hydrogen) atoms. The Labute approximate surface area is 147 Å². The summed E-state index contributed by atoms with van der Waals surface area (Å²) in [6.07, 6.45) is 13.3. The highest BCUT2D eigenvalue weighted by Crippen LogP contribution is 2.23. The van der Waals surface area contributed by atoms with E-state index in [2.05, 4.69) is 26.0 Å². The minimum absolute atomic E-state index is 0.0212. The van der Waals surface area contributed by atoms with Crippen LogP contribution in [0.3, 0.4) is 0 Å². The van der Waals surface area contributed by atoms with Crippen LogP contribution in [-0.4, -0.2) is 39.0 Å². The fourth-order valence-corrected chi connectivity index (χ4v) is 3.26. The number of rotatable bonds is 10. The monoisotopic (exact) mass is 340 g/mol. The molecule has 2 fully saturated rings. The first kappa shape index (κ1) is 19.9. The summed E-state index contributed by atoms with van der Waals surface area (Å²) >= 11 is 0. The van der Waals surface area contributed by atoms with Crippen molar-refractivity contribution >= 4 is 0 Å². The van der Waals surface area contributed by atoms with Crippen LogP contribution in [0, 0.1) is 11.8 Å². The Morgan fingerprint density at radius 1 is 0.750 bits per heavy atom. The van der Waals surface area contributed by atoms with Gasteiger partial charge in [-0.2, -0.15) is 0 Å². The SMILES string of the molecule is C/C=C/CC[C@H]1CO[C@H](CCC2COC(CCCCC)OC2)OC1. The summed E-state index contributed by atoms with van der Waals surface area (Å²) in [4.78, 5) is 0. The van der Waals surface area contributed by atoms with Crippen molar-refractivity contribution in [1.29, 1.82) is 0 Å². The summed E-state index contributed by atoms with van der Waals surface area (Å²) in [6, 6.07) is 0. The highest BCUT2D eigenvalue weighted by atomic mass is 16.7. The van der Waals surface area contributed by atoms with Crippen LogP contribution in [0.1, 0.15) is 65.2 Å². The van der Waals surface area contributed by atoms with E-state index in [1.165, 1.54) is 19.3 Å². The summed E-state index contributed by atoms with van der Waals surface area (Å²) in [7, 11) is 0. The summed E-state index contributed by atoms with van der Waals surface area (Å²) < 4.78 is 23.4. The van der Waals surface area contributed by atoms with Gasteiger partial charge >= 0.3 is 0 Å². The van der Waals surface area contributed by atoms with Gasteiger partial charge in [-0.3, -0.25) is 0 Å². The van der Waals surface area contributed by atoms with E-state index >= 15 is 0 Å². The van der Waals surface area contributed by atoms with E-state index in [0.717, 1.165) is 58.5 Å². The quantitative estimate of drug-likeness (QED) is 0.427. The largest absolute Gasteiger partial charge is 0.352 e. The van der Waals surface area contributed by atoms with Crippen molar-refractivity contribution in [3.05, 3.63) is 12.2 Å². The van der Waals surface area contributed by atoms with Crippen LogP contribution in [0.15, 0.2) is 12.2 Å². The van der Waals surface area contributed by atoms with Gasteiger partial charge in [-0.1, -0.05) is 31.9 Å². The molecule has 4 nitrogen and oxygen atoms in total. The molecule has 0 atom stereocenters. The molecule has 2 aliphatic rings. The summed E-state index contributed by atoms with van der Waals surface area (Å²) in [6.45, 7) is 7.58. The van der Waals surface area contributed by atoms with Crippen LogP contribution in [0.5, 0.6) is 0 Å². The molecule has 2 saturated heterocycles. The molecule has 2 rings (SSSR count). The van der Waals surface area contributed by atoms with E-state index in [1.54, 1.807) is 0 Å². The number of hydrogen-bond donors (Lipinski definition) is 0. The van der Waals surface area contributed by atoms with Crippen LogP contribution in [0.2, 0.25) is 0 Å². The van der Waals surface area contributed by atoms with Crippen molar-refractivity contribution in [2.45, 2.75) is 77.8 Å². The zero-order valence-corrected chi connectivity index (χ0v) is 15.6. The second kappa shape index (κ2) is 12.0. The van der Waals surface area contributed by atoms with E-state index in [-0.39, 0.29) is 12.6 Å². The minimum Gasteiger partial charge on any atom is -0.352 e. The predicted octanol–water partition coefficient (Wildman–Crippen LogP) is 4.68. The van der Waals surface area contributed by atoms with Gasteiger partial charge in [0, 0.05) is 11.8 Å². The Morgan fingerprint density at radius 3 is 1.92 bits per heavy atom. The zero-order valence-electron chi connectivity index (χ0n) is 15.6. The van der Waals surface area contributed by atoms with Crippen molar-refractivity contribution in [2.75, 3.05) is 26.4 Å². The molecule has 0 bridgehead atoms. The summed E-state index contributed by atoms with van der Waals surface area (Å²) in [5.41, 5.74) is 0. The molecule has 4 heteroatoms. The highest BCUT2D eigenvalue weighted by Gasteiger charge is 2.25. The average molecular weight is 341 g/mol. The van der Waals surface area contributed by atoms with Crippen LogP contribution in [0.25, 0.3) is 0 Å². The second-order valence-electron chi connectivity index (χ2n) is 7.14. The maximum Gasteiger partial charge on any atom is 0.157 e. The Kier molecular flexibility index (Phi) is 9.96. The number of ether oxygens (including phenoxy) is 4. The lowest BCUT2D eigenvalue weighted by molar-refractivity contribution is -0.219. The molecule has 0 amide bonds. The van der Waals surface area contributed by atoms with Gasteiger partial charge in [-0.05, 0) is 45.4 Å². The molecule has 0 aromatic carbocycles. The lowest BCUT2D eigenvalue weighted by atomic mass is 10.0. The Balaban J connectivity index is 1.51. The van der Waals surface area contributed by atoms with Crippen molar-refractivity contribution in [3.63, 3.8) is 0 Å². The highest BCUT2D eigenvalue weighted by molar-refractivity contribution is 4.78. The van der Waals surface area contributed by atoms with Gasteiger partial charge in [0.15, 0.2) is 12.6 Å². The normalized spacial score (nSPS) is 31.6. The third-order valence-electron chi connectivity index (χ3n) is 4.90. The molecule has 0 N–H and O–H groups in total. The van der Waals surface area contributed by atoms with Crippen molar-refractivity contribution in [3.8, 4) is 0 Å². The van der Waals surface area contributed by atoms with Crippen LogP contribution < -0.4 is 0 Å². The maximum absolute atomic E-state index is 5.87. The molecular weight excluding hydrogens is 304 g/mol. The molecule has 0 spiro atoms. The first-order chi connectivity index (χ1) is 11.8.